The second-order valence-electron chi connectivity index (χ2n) is 5.98. The van der Waals surface area contributed by atoms with E-state index in [1.54, 1.807) is 36.2 Å². The van der Waals surface area contributed by atoms with Crippen LogP contribution in [0.2, 0.25) is 0 Å². The van der Waals surface area contributed by atoms with Crippen molar-refractivity contribution in [2.24, 2.45) is 7.05 Å². The number of aryl methyl sites for hydroxylation is 1. The zero-order valence-corrected chi connectivity index (χ0v) is 14.6. The first kappa shape index (κ1) is 17.7. The first-order valence-electron chi connectivity index (χ1n) is 8.22. The fourth-order valence-corrected chi connectivity index (χ4v) is 2.82. The van der Waals surface area contributed by atoms with E-state index in [0.717, 1.165) is 5.56 Å². The predicted molar refractivity (Wildman–Crippen MR) is 96.3 cm³/mol. The Morgan fingerprint density at radius 3 is 2.77 bits per heavy atom. The minimum absolute atomic E-state index is 0.185. The van der Waals surface area contributed by atoms with Crippen LogP contribution in [0.15, 0.2) is 60.9 Å². The number of benzene rings is 2. The molecule has 1 atom stereocenters. The van der Waals surface area contributed by atoms with Crippen molar-refractivity contribution in [2.45, 2.75) is 12.5 Å². The number of hydrogen-bond acceptors (Lipinski definition) is 3. The van der Waals surface area contributed by atoms with Crippen LogP contribution in [0.25, 0.3) is 0 Å². The summed E-state index contributed by atoms with van der Waals surface area (Å²) >= 11 is 0. The molecule has 1 heterocycles. The highest BCUT2D eigenvalue weighted by atomic mass is 19.1. The van der Waals surface area contributed by atoms with Gasteiger partial charge in [-0.15, -0.1) is 0 Å². The van der Waals surface area contributed by atoms with Gasteiger partial charge in [0.1, 0.15) is 23.4 Å². The third-order valence-electron chi connectivity index (χ3n) is 4.10. The molecule has 0 aliphatic rings. The summed E-state index contributed by atoms with van der Waals surface area (Å²) in [7, 11) is 3.42. The number of imidazole rings is 1. The maximum absolute atomic E-state index is 13.7. The lowest BCUT2D eigenvalue weighted by atomic mass is 10.0. The molecule has 1 aromatic heterocycles. The molecule has 0 unspecified atom stereocenters. The zero-order valence-electron chi connectivity index (χ0n) is 14.6. The van der Waals surface area contributed by atoms with Gasteiger partial charge in [0.2, 0.25) is 5.91 Å². The van der Waals surface area contributed by atoms with E-state index in [2.05, 4.69) is 10.3 Å². The number of halogens is 1. The van der Waals surface area contributed by atoms with Crippen LogP contribution in [-0.2, 0) is 18.3 Å². The van der Waals surface area contributed by atoms with Gasteiger partial charge in [-0.2, -0.15) is 0 Å². The summed E-state index contributed by atoms with van der Waals surface area (Å²) in [6.07, 6.45) is 3.62. The van der Waals surface area contributed by atoms with Crippen molar-refractivity contribution in [3.05, 3.63) is 83.7 Å². The molecule has 2 aromatic carbocycles. The van der Waals surface area contributed by atoms with Crippen LogP contribution in [-0.4, -0.2) is 22.6 Å². The fraction of sp³-hybridized carbons (Fsp3) is 0.200. The van der Waals surface area contributed by atoms with E-state index in [4.69, 9.17) is 4.74 Å². The highest BCUT2D eigenvalue weighted by Gasteiger charge is 2.21. The normalized spacial score (nSPS) is 11.8. The molecule has 26 heavy (non-hydrogen) atoms. The maximum atomic E-state index is 13.7. The zero-order chi connectivity index (χ0) is 18.5. The van der Waals surface area contributed by atoms with Gasteiger partial charge in [0.25, 0.3) is 0 Å². The van der Waals surface area contributed by atoms with Gasteiger partial charge in [-0.1, -0.05) is 24.3 Å². The number of nitrogens with one attached hydrogen (secondary N) is 1. The van der Waals surface area contributed by atoms with Crippen molar-refractivity contribution in [3.63, 3.8) is 0 Å². The Balaban J connectivity index is 1.83. The molecule has 0 saturated carbocycles. The van der Waals surface area contributed by atoms with Crippen LogP contribution in [0.4, 0.5) is 4.39 Å². The van der Waals surface area contributed by atoms with Crippen LogP contribution >= 0.6 is 0 Å². The number of carbonyl (C=O) groups is 1. The number of ether oxygens (including phenoxy) is 1. The first-order chi connectivity index (χ1) is 12.6. The molecule has 0 fully saturated rings. The molecule has 1 amide bonds. The van der Waals surface area contributed by atoms with E-state index in [1.807, 2.05) is 31.3 Å². The molecule has 6 heteroatoms. The van der Waals surface area contributed by atoms with Crippen LogP contribution in [0.1, 0.15) is 23.0 Å². The number of aromatic nitrogens is 2. The SMILES string of the molecule is COc1cccc(CC(=O)N[C@@H](c2cccc(F)c2)c2nccn2C)c1. The molecule has 0 aliphatic carbocycles. The molecule has 0 radical (unpaired) electrons. The molecular weight excluding hydrogens is 333 g/mol. The van der Waals surface area contributed by atoms with Crippen LogP contribution in [0.3, 0.4) is 0 Å². The average molecular weight is 353 g/mol. The Morgan fingerprint density at radius 2 is 2.08 bits per heavy atom. The molecule has 0 bridgehead atoms. The van der Waals surface area contributed by atoms with Gasteiger partial charge in [0.05, 0.1) is 13.5 Å². The molecule has 1 N–H and O–H groups in total. The van der Waals surface area contributed by atoms with Crippen molar-refractivity contribution >= 4 is 5.91 Å². The van der Waals surface area contributed by atoms with Crippen molar-refractivity contribution < 1.29 is 13.9 Å². The Labute approximate surface area is 151 Å². The largest absolute Gasteiger partial charge is 0.497 e. The number of hydrogen-bond donors (Lipinski definition) is 1. The van der Waals surface area contributed by atoms with Crippen molar-refractivity contribution in [3.8, 4) is 5.75 Å². The van der Waals surface area contributed by atoms with Crippen LogP contribution < -0.4 is 10.1 Å². The van der Waals surface area contributed by atoms with Gasteiger partial charge < -0.3 is 14.6 Å². The second kappa shape index (κ2) is 7.82. The van der Waals surface area contributed by atoms with Crippen LogP contribution in [0, 0.1) is 5.82 Å². The lowest BCUT2D eigenvalue weighted by Crippen LogP contribution is -2.32. The minimum Gasteiger partial charge on any atom is -0.497 e. The Bertz CT molecular complexity index is 907. The number of carbonyl (C=O) groups excluding carboxylic acids is 1. The molecule has 3 rings (SSSR count). The smallest absolute Gasteiger partial charge is 0.225 e. The highest BCUT2D eigenvalue weighted by molar-refractivity contribution is 5.79. The quantitative estimate of drug-likeness (QED) is 0.741. The van der Waals surface area contributed by atoms with Crippen molar-refractivity contribution in [1.29, 1.82) is 0 Å². The summed E-state index contributed by atoms with van der Waals surface area (Å²) in [6.45, 7) is 0. The maximum Gasteiger partial charge on any atom is 0.225 e. The minimum atomic E-state index is -0.538. The van der Waals surface area contributed by atoms with E-state index >= 15 is 0 Å². The number of rotatable bonds is 6. The summed E-state index contributed by atoms with van der Waals surface area (Å²) < 4.78 is 20.7. The summed E-state index contributed by atoms with van der Waals surface area (Å²) in [6, 6.07) is 13.0. The van der Waals surface area contributed by atoms with Gasteiger partial charge >= 0.3 is 0 Å². The summed E-state index contributed by atoms with van der Waals surface area (Å²) in [4.78, 5) is 16.9. The Hall–Kier alpha value is -3.15. The summed E-state index contributed by atoms with van der Waals surface area (Å²) in [5, 5.41) is 2.96. The van der Waals surface area contributed by atoms with E-state index < -0.39 is 6.04 Å². The molecule has 5 nitrogen and oxygen atoms in total. The molecule has 0 saturated heterocycles. The third-order valence-corrected chi connectivity index (χ3v) is 4.10. The van der Waals surface area contributed by atoms with Gasteiger partial charge in [0, 0.05) is 19.4 Å². The lowest BCUT2D eigenvalue weighted by molar-refractivity contribution is -0.121. The topological polar surface area (TPSA) is 56.1 Å². The van der Waals surface area contributed by atoms with E-state index in [0.29, 0.717) is 17.1 Å². The fourth-order valence-electron chi connectivity index (χ4n) is 2.82. The Morgan fingerprint density at radius 1 is 1.27 bits per heavy atom. The highest BCUT2D eigenvalue weighted by Crippen LogP contribution is 2.22. The van der Waals surface area contributed by atoms with Gasteiger partial charge in [-0.25, -0.2) is 9.37 Å². The number of methoxy groups -OCH3 is 1. The molecular formula is C20H20FN3O2. The lowest BCUT2D eigenvalue weighted by Gasteiger charge is -2.19. The molecule has 0 aliphatic heterocycles. The first-order valence-corrected chi connectivity index (χ1v) is 8.22. The number of amides is 1. The average Bonchev–Trinajstić information content (AvgIpc) is 3.05. The number of nitrogens with zero attached hydrogens (tertiary/aromatic N) is 2. The summed E-state index contributed by atoms with van der Waals surface area (Å²) in [5.41, 5.74) is 1.47. The summed E-state index contributed by atoms with van der Waals surface area (Å²) in [5.74, 6) is 0.787. The van der Waals surface area contributed by atoms with Crippen LogP contribution in [0.5, 0.6) is 5.75 Å². The third kappa shape index (κ3) is 4.08. The van der Waals surface area contributed by atoms with E-state index in [1.165, 1.54) is 12.1 Å². The molecule has 134 valence electrons. The van der Waals surface area contributed by atoms with Crippen molar-refractivity contribution in [1.82, 2.24) is 14.9 Å². The monoisotopic (exact) mass is 353 g/mol. The van der Waals surface area contributed by atoms with Crippen molar-refractivity contribution in [2.75, 3.05) is 7.11 Å². The standard InChI is InChI=1S/C20H20FN3O2/c1-24-10-9-22-20(24)19(15-6-4-7-16(21)13-15)23-18(25)12-14-5-3-8-17(11-14)26-2/h3-11,13,19H,12H2,1-2H3,(H,23,25)/t19-/m0/s1. The van der Waals surface area contributed by atoms with Gasteiger partial charge in [-0.3, -0.25) is 4.79 Å². The predicted octanol–water partition coefficient (Wildman–Crippen LogP) is 3.02. The van der Waals surface area contributed by atoms with Gasteiger partial charge in [-0.05, 0) is 35.4 Å². The Kier molecular flexibility index (Phi) is 5.31. The van der Waals surface area contributed by atoms with E-state index in [-0.39, 0.29) is 18.1 Å². The molecule has 0 spiro atoms. The van der Waals surface area contributed by atoms with E-state index in [9.17, 15) is 9.18 Å². The second-order valence-corrected chi connectivity index (χ2v) is 5.98. The van der Waals surface area contributed by atoms with Gasteiger partial charge in [0.15, 0.2) is 0 Å². The molecule has 3 aromatic rings.